The molecule has 0 saturated carbocycles. The van der Waals surface area contributed by atoms with Crippen molar-refractivity contribution >= 4 is 70.0 Å². The van der Waals surface area contributed by atoms with E-state index in [1.165, 1.54) is 0 Å². The first-order chi connectivity index (χ1) is 31.7. The summed E-state index contributed by atoms with van der Waals surface area (Å²) in [4.78, 5) is 68.9. The number of likely N-dealkylation sites (N-methyl/N-ethyl adjacent to an activating group) is 2. The Morgan fingerprint density at radius 2 is 0.909 bits per heavy atom. The number of ether oxygens (including phenoxy) is 2. The number of para-hydroxylation sites is 2. The number of esters is 2. The lowest BCUT2D eigenvalue weighted by atomic mass is 10.1. The molecular formula is C52H66N6O6S2. The number of fused-ring (bicyclic) bond motifs is 4. The average molecular weight is 935 g/mol. The van der Waals surface area contributed by atoms with Crippen molar-refractivity contribution in [1.29, 1.82) is 0 Å². The van der Waals surface area contributed by atoms with Gasteiger partial charge in [0.2, 0.25) is 0 Å². The molecule has 2 heterocycles. The topological polar surface area (TPSA) is 124 Å². The average Bonchev–Trinajstić information content (AvgIpc) is 3.31. The van der Waals surface area contributed by atoms with E-state index >= 15 is 0 Å². The van der Waals surface area contributed by atoms with Gasteiger partial charge in [-0.25, -0.2) is 9.59 Å². The van der Waals surface area contributed by atoms with E-state index in [9.17, 15) is 19.2 Å². The fourth-order valence-electron chi connectivity index (χ4n) is 8.23. The molecule has 0 aliphatic carbocycles. The number of rotatable bonds is 20. The number of amides is 2. The molecule has 0 aromatic heterocycles. The standard InChI is InChI=1S/C52H66N6O6S2/c1-11-55(12-2)31-35(9)57-39-19-15-17-21-41(39)65-43-25-23-37(51(61)53-29-33(5)6)49(47(43)57)63-45(59)27-28-46(60)64-50-38(52(62)54-30-34(7)8)24-26-44-48(50)58(36(10)32-56(13-3)14-4)40-20-16-18-22-42(40)66-44/h15-28,33-36H,11-14,29-32H2,1-10H3,(H,53,61)(H,54,62)/b28-27+/t35-,36-/m0/s1. The maximum absolute atomic E-state index is 14.1. The highest BCUT2D eigenvalue weighted by atomic mass is 32.2. The Bertz CT molecular complexity index is 2250. The van der Waals surface area contributed by atoms with Crippen molar-refractivity contribution in [3.8, 4) is 11.5 Å². The van der Waals surface area contributed by atoms with Crippen LogP contribution in [0.15, 0.2) is 105 Å². The van der Waals surface area contributed by atoms with Crippen LogP contribution in [-0.4, -0.2) is 98.0 Å². The van der Waals surface area contributed by atoms with Gasteiger partial charge in [0.05, 0.1) is 33.9 Å². The van der Waals surface area contributed by atoms with E-state index in [1.54, 1.807) is 35.7 Å². The number of anilines is 4. The molecule has 14 heteroatoms. The Morgan fingerprint density at radius 1 is 0.545 bits per heavy atom. The normalized spacial score (nSPS) is 13.9. The minimum absolute atomic E-state index is 0.0918. The Labute approximate surface area is 399 Å². The van der Waals surface area contributed by atoms with Crippen LogP contribution in [0.1, 0.15) is 90.0 Å². The van der Waals surface area contributed by atoms with Crippen LogP contribution in [0.5, 0.6) is 11.5 Å². The Hall–Kier alpha value is -5.28. The van der Waals surface area contributed by atoms with Crippen molar-refractivity contribution < 1.29 is 28.7 Å². The van der Waals surface area contributed by atoms with E-state index in [1.807, 2.05) is 76.2 Å². The third-order valence-corrected chi connectivity index (χ3v) is 13.9. The number of hydrogen-bond acceptors (Lipinski definition) is 12. The number of carbonyl (C=O) groups is 4. The third kappa shape index (κ3) is 11.6. The molecule has 2 aliphatic rings. The summed E-state index contributed by atoms with van der Waals surface area (Å²) in [5, 5.41) is 6.00. The molecule has 0 unspecified atom stereocenters. The van der Waals surface area contributed by atoms with Crippen LogP contribution >= 0.6 is 23.5 Å². The maximum atomic E-state index is 14.1. The molecule has 0 bridgehead atoms. The summed E-state index contributed by atoms with van der Waals surface area (Å²) in [6.07, 6.45) is 2.04. The zero-order valence-corrected chi connectivity index (χ0v) is 41.7. The van der Waals surface area contributed by atoms with Crippen LogP contribution in [0.3, 0.4) is 0 Å². The minimum Gasteiger partial charge on any atom is -0.420 e. The summed E-state index contributed by atoms with van der Waals surface area (Å²) in [7, 11) is 0. The van der Waals surface area contributed by atoms with Crippen molar-refractivity contribution in [3.05, 3.63) is 96.1 Å². The van der Waals surface area contributed by atoms with Gasteiger partial charge in [-0.3, -0.25) is 9.59 Å². The first-order valence-electron chi connectivity index (χ1n) is 23.3. The number of hydrogen-bond donors (Lipinski definition) is 2. The van der Waals surface area contributed by atoms with Crippen molar-refractivity contribution in [2.75, 3.05) is 62.2 Å². The first-order valence-corrected chi connectivity index (χ1v) is 24.9. The summed E-state index contributed by atoms with van der Waals surface area (Å²) >= 11 is 3.09. The van der Waals surface area contributed by atoms with Crippen LogP contribution in [-0.2, 0) is 9.59 Å². The van der Waals surface area contributed by atoms with E-state index in [2.05, 4.69) is 83.9 Å². The second-order valence-corrected chi connectivity index (χ2v) is 19.7. The molecular weight excluding hydrogens is 869 g/mol. The van der Waals surface area contributed by atoms with Gasteiger partial charge in [-0.05, 0) is 100 Å². The predicted octanol–water partition coefficient (Wildman–Crippen LogP) is 10.2. The van der Waals surface area contributed by atoms with Gasteiger partial charge in [0.15, 0.2) is 11.5 Å². The van der Waals surface area contributed by atoms with Gasteiger partial charge in [0, 0.05) is 70.0 Å². The van der Waals surface area contributed by atoms with E-state index in [-0.39, 0.29) is 58.4 Å². The third-order valence-electron chi connectivity index (χ3n) is 11.7. The lowest BCUT2D eigenvalue weighted by Crippen LogP contribution is -2.41. The largest absolute Gasteiger partial charge is 0.420 e. The molecule has 0 radical (unpaired) electrons. The Morgan fingerprint density at radius 3 is 1.26 bits per heavy atom. The fraction of sp³-hybridized carbons (Fsp3) is 0.423. The molecule has 66 heavy (non-hydrogen) atoms. The predicted molar refractivity (Wildman–Crippen MR) is 268 cm³/mol. The maximum Gasteiger partial charge on any atom is 0.336 e. The molecule has 0 spiro atoms. The van der Waals surface area contributed by atoms with Gasteiger partial charge < -0.3 is 39.7 Å². The summed E-state index contributed by atoms with van der Waals surface area (Å²) in [5.74, 6) is -1.95. The molecule has 2 amide bonds. The monoisotopic (exact) mass is 934 g/mol. The highest BCUT2D eigenvalue weighted by molar-refractivity contribution is 8.00. The van der Waals surface area contributed by atoms with E-state index in [0.717, 1.165) is 69.3 Å². The summed E-state index contributed by atoms with van der Waals surface area (Å²) < 4.78 is 12.5. The number of nitrogens with zero attached hydrogens (tertiary/aromatic N) is 4. The fourth-order valence-corrected chi connectivity index (χ4v) is 10.4. The second-order valence-electron chi connectivity index (χ2n) is 17.5. The second kappa shape index (κ2) is 23.0. The van der Waals surface area contributed by atoms with Gasteiger partial charge >= 0.3 is 11.9 Å². The lowest BCUT2D eigenvalue weighted by molar-refractivity contribution is -0.131. The number of nitrogens with one attached hydrogen (secondary N) is 2. The highest BCUT2D eigenvalue weighted by Crippen LogP contribution is 2.55. The first kappa shape index (κ1) is 50.1. The van der Waals surface area contributed by atoms with Crippen LogP contribution in [0.25, 0.3) is 0 Å². The van der Waals surface area contributed by atoms with Crippen molar-refractivity contribution in [2.24, 2.45) is 11.8 Å². The molecule has 0 saturated heterocycles. The zero-order chi connectivity index (χ0) is 47.7. The summed E-state index contributed by atoms with van der Waals surface area (Å²) in [5.41, 5.74) is 3.47. The van der Waals surface area contributed by atoms with Gasteiger partial charge in [0.1, 0.15) is 0 Å². The Kier molecular flexibility index (Phi) is 17.4. The van der Waals surface area contributed by atoms with Gasteiger partial charge in [-0.2, -0.15) is 0 Å². The quantitative estimate of drug-likeness (QED) is 0.0498. The summed E-state index contributed by atoms with van der Waals surface area (Å²) in [6, 6.07) is 23.2. The zero-order valence-electron chi connectivity index (χ0n) is 40.1. The molecule has 4 aromatic carbocycles. The molecule has 352 valence electrons. The van der Waals surface area contributed by atoms with Crippen LogP contribution in [0.4, 0.5) is 22.7 Å². The number of benzene rings is 4. The van der Waals surface area contributed by atoms with Gasteiger partial charge in [-0.15, -0.1) is 0 Å². The smallest absolute Gasteiger partial charge is 0.336 e. The van der Waals surface area contributed by atoms with Crippen LogP contribution in [0.2, 0.25) is 0 Å². The van der Waals surface area contributed by atoms with Crippen LogP contribution in [0, 0.1) is 11.8 Å². The van der Waals surface area contributed by atoms with Crippen molar-refractivity contribution in [1.82, 2.24) is 20.4 Å². The molecule has 2 atom stereocenters. The Balaban J connectivity index is 1.39. The number of carbonyl (C=O) groups excluding carboxylic acids is 4. The van der Waals surface area contributed by atoms with Crippen molar-refractivity contribution in [3.63, 3.8) is 0 Å². The summed E-state index contributed by atoms with van der Waals surface area (Å²) in [6.45, 7) is 26.5. The van der Waals surface area contributed by atoms with E-state index in [4.69, 9.17) is 9.47 Å². The lowest BCUT2D eigenvalue weighted by Gasteiger charge is -2.40. The molecule has 12 nitrogen and oxygen atoms in total. The van der Waals surface area contributed by atoms with Crippen molar-refractivity contribution in [2.45, 2.75) is 101 Å². The molecule has 2 N–H and O–H groups in total. The van der Waals surface area contributed by atoms with Gasteiger partial charge in [0.25, 0.3) is 11.8 Å². The van der Waals surface area contributed by atoms with Gasteiger partial charge in [-0.1, -0.05) is 103 Å². The van der Waals surface area contributed by atoms with E-state index in [0.29, 0.717) is 37.6 Å². The van der Waals surface area contributed by atoms with Crippen LogP contribution < -0.4 is 29.9 Å². The minimum atomic E-state index is -0.873. The molecule has 0 fully saturated rings. The molecule has 4 aromatic rings. The molecule has 2 aliphatic heterocycles. The molecule has 6 rings (SSSR count). The van der Waals surface area contributed by atoms with E-state index < -0.39 is 11.9 Å². The SMILES string of the molecule is CCN(CC)C[C@H](C)N1c2ccccc2Sc2ccc(C(=O)NCC(C)C)c(OC(=O)/C=C/C(=O)Oc3c(C(=O)NCC(C)C)ccc4c3N([C@@H](C)CN(CC)CC)c3ccccc3S4)c21. The highest BCUT2D eigenvalue weighted by Gasteiger charge is 2.36.